The van der Waals surface area contributed by atoms with E-state index in [0.29, 0.717) is 32.9 Å². The van der Waals surface area contributed by atoms with Crippen LogP contribution in [0, 0.1) is 0 Å². The largest absolute Gasteiger partial charge is 0.462 e. The molecule has 6 nitrogen and oxygen atoms in total. The van der Waals surface area contributed by atoms with Crippen LogP contribution in [0.1, 0.15) is 17.3 Å². The summed E-state index contributed by atoms with van der Waals surface area (Å²) in [6, 6.07) is 22.9. The first kappa shape index (κ1) is 18.8. The monoisotopic (exact) mass is 410 g/mol. The number of aromatic nitrogens is 2. The molecule has 0 atom stereocenters. The molecule has 0 spiro atoms. The van der Waals surface area contributed by atoms with Gasteiger partial charge in [-0.05, 0) is 25.1 Å². The number of esters is 1. The van der Waals surface area contributed by atoms with Gasteiger partial charge in [0, 0.05) is 10.9 Å². The molecule has 31 heavy (non-hydrogen) atoms. The third kappa shape index (κ3) is 2.76. The second-order valence-electron chi connectivity index (χ2n) is 7.11. The molecular weight excluding hydrogens is 392 g/mol. The number of rotatable bonds is 3. The lowest BCUT2D eigenvalue weighted by molar-refractivity contribution is 0.0528. The summed E-state index contributed by atoms with van der Waals surface area (Å²) in [7, 11) is 0. The average Bonchev–Trinajstić information content (AvgIpc) is 2.81. The van der Waals surface area contributed by atoms with Crippen LogP contribution in [-0.4, -0.2) is 21.6 Å². The summed E-state index contributed by atoms with van der Waals surface area (Å²) >= 11 is 0. The Morgan fingerprint density at radius 1 is 0.742 bits per heavy atom. The smallest absolute Gasteiger partial charge is 0.341 e. The van der Waals surface area contributed by atoms with Gasteiger partial charge in [0.25, 0.3) is 11.1 Å². The summed E-state index contributed by atoms with van der Waals surface area (Å²) in [6.07, 6.45) is 0. The highest BCUT2D eigenvalue weighted by Crippen LogP contribution is 2.30. The maximum absolute atomic E-state index is 13.7. The Kier molecular flexibility index (Phi) is 4.40. The molecule has 5 rings (SSSR count). The van der Waals surface area contributed by atoms with Gasteiger partial charge in [-0.3, -0.25) is 9.59 Å². The number of benzene rings is 3. The van der Waals surface area contributed by atoms with Gasteiger partial charge in [0.05, 0.1) is 34.2 Å². The van der Waals surface area contributed by atoms with Crippen molar-refractivity contribution < 1.29 is 9.53 Å². The highest BCUT2D eigenvalue weighted by Gasteiger charge is 2.25. The van der Waals surface area contributed by atoms with Crippen molar-refractivity contribution in [3.63, 3.8) is 0 Å². The molecule has 5 aromatic rings. The lowest BCUT2D eigenvalue weighted by Crippen LogP contribution is -2.33. The fourth-order valence-electron chi connectivity index (χ4n) is 4.06. The molecule has 0 unspecified atom stereocenters. The van der Waals surface area contributed by atoms with Gasteiger partial charge in [0.2, 0.25) is 0 Å². The molecule has 2 heterocycles. The first-order valence-electron chi connectivity index (χ1n) is 9.97. The third-order valence-corrected chi connectivity index (χ3v) is 5.35. The van der Waals surface area contributed by atoms with E-state index in [4.69, 9.17) is 4.74 Å². The average molecular weight is 410 g/mol. The van der Waals surface area contributed by atoms with E-state index < -0.39 is 5.97 Å². The topological polar surface area (TPSA) is 69.3 Å². The van der Waals surface area contributed by atoms with E-state index in [0.717, 1.165) is 0 Å². The molecule has 152 valence electrons. The van der Waals surface area contributed by atoms with Crippen molar-refractivity contribution in [2.24, 2.45) is 0 Å². The predicted molar refractivity (Wildman–Crippen MR) is 120 cm³/mol. The van der Waals surface area contributed by atoms with E-state index in [1.807, 2.05) is 18.2 Å². The molecule has 0 aliphatic carbocycles. The molecule has 0 radical (unpaired) electrons. The van der Waals surface area contributed by atoms with Crippen molar-refractivity contribution in [2.45, 2.75) is 6.92 Å². The maximum Gasteiger partial charge on any atom is 0.341 e. The number of carbonyl (C=O) groups is 1. The predicted octanol–water partition coefficient (Wildman–Crippen LogP) is 3.91. The number of carbonyl (C=O) groups excluding carboxylic acids is 1. The van der Waals surface area contributed by atoms with Gasteiger partial charge in [-0.1, -0.05) is 60.7 Å². The Bertz CT molecular complexity index is 1600. The van der Waals surface area contributed by atoms with Gasteiger partial charge >= 0.3 is 5.97 Å². The molecule has 3 aromatic carbocycles. The Hall–Kier alpha value is -4.19. The van der Waals surface area contributed by atoms with Crippen molar-refractivity contribution in [3.8, 4) is 11.3 Å². The number of fused-ring (bicyclic) bond motifs is 4. The zero-order valence-corrected chi connectivity index (χ0v) is 16.7. The van der Waals surface area contributed by atoms with E-state index in [1.54, 1.807) is 67.6 Å². The van der Waals surface area contributed by atoms with Crippen LogP contribution in [0.3, 0.4) is 0 Å². The van der Waals surface area contributed by atoms with Crippen molar-refractivity contribution in [1.82, 2.24) is 9.03 Å². The van der Waals surface area contributed by atoms with Crippen LogP contribution in [0.2, 0.25) is 0 Å². The van der Waals surface area contributed by atoms with E-state index >= 15 is 0 Å². The van der Waals surface area contributed by atoms with E-state index in [-0.39, 0.29) is 23.3 Å². The first-order valence-corrected chi connectivity index (χ1v) is 9.97. The summed E-state index contributed by atoms with van der Waals surface area (Å²) in [4.78, 5) is 40.3. The minimum Gasteiger partial charge on any atom is -0.462 e. The molecule has 2 aromatic heterocycles. The molecule has 0 saturated carbocycles. The van der Waals surface area contributed by atoms with Gasteiger partial charge in [0.15, 0.2) is 0 Å². The molecule has 0 bridgehead atoms. The minimum absolute atomic E-state index is 0.187. The molecular formula is C25H18N2O4. The van der Waals surface area contributed by atoms with Crippen LogP contribution in [-0.2, 0) is 4.74 Å². The molecule has 0 fully saturated rings. The van der Waals surface area contributed by atoms with E-state index in [1.165, 1.54) is 9.03 Å². The second-order valence-corrected chi connectivity index (χ2v) is 7.11. The number of nitrogens with zero attached hydrogens (tertiary/aromatic N) is 2. The lowest BCUT2D eigenvalue weighted by atomic mass is 10.0. The summed E-state index contributed by atoms with van der Waals surface area (Å²) in [5.74, 6) is -0.549. The zero-order chi connectivity index (χ0) is 21.5. The Labute approximate surface area is 176 Å². The van der Waals surface area contributed by atoms with Gasteiger partial charge in [-0.15, -0.1) is 0 Å². The van der Waals surface area contributed by atoms with Crippen LogP contribution in [0.4, 0.5) is 0 Å². The van der Waals surface area contributed by atoms with Crippen molar-refractivity contribution in [2.75, 3.05) is 6.61 Å². The third-order valence-electron chi connectivity index (χ3n) is 5.35. The first-order chi connectivity index (χ1) is 15.1. The molecule has 0 N–H and O–H groups in total. The Morgan fingerprint density at radius 3 is 1.94 bits per heavy atom. The summed E-state index contributed by atoms with van der Waals surface area (Å²) < 4.78 is 8.02. The fourth-order valence-corrected chi connectivity index (χ4v) is 4.06. The number of hydrogen-bond donors (Lipinski definition) is 0. The standard InChI is InChI=1S/C25H18N2O4/c1-2-31-25(30)21-19-14-8-9-15-20(19)26-23(28)17-12-6-7-13-18(17)24(29)27(26)22(21)16-10-4-3-5-11-16/h3-15H,2H2,1H3. The minimum atomic E-state index is -0.549. The molecule has 6 heteroatoms. The van der Waals surface area contributed by atoms with Crippen molar-refractivity contribution in [3.05, 3.63) is 105 Å². The number of para-hydroxylation sites is 1. The number of hydrogen-bond acceptors (Lipinski definition) is 4. The van der Waals surface area contributed by atoms with Gasteiger partial charge in [-0.2, -0.15) is 0 Å². The molecule has 0 amide bonds. The lowest BCUT2D eigenvalue weighted by Gasteiger charge is -2.19. The van der Waals surface area contributed by atoms with Crippen LogP contribution in [0.25, 0.3) is 32.9 Å². The molecule has 0 aliphatic heterocycles. The normalized spacial score (nSPS) is 11.3. The van der Waals surface area contributed by atoms with Gasteiger partial charge in [-0.25, -0.2) is 13.8 Å². The fraction of sp³-hybridized carbons (Fsp3) is 0.0800. The van der Waals surface area contributed by atoms with E-state index in [9.17, 15) is 14.4 Å². The van der Waals surface area contributed by atoms with E-state index in [2.05, 4.69) is 0 Å². The van der Waals surface area contributed by atoms with Crippen LogP contribution in [0.15, 0.2) is 88.5 Å². The van der Waals surface area contributed by atoms with Gasteiger partial charge < -0.3 is 4.74 Å². The number of ether oxygens (including phenoxy) is 1. The molecule has 0 saturated heterocycles. The van der Waals surface area contributed by atoms with Crippen molar-refractivity contribution in [1.29, 1.82) is 0 Å². The highest BCUT2D eigenvalue weighted by molar-refractivity contribution is 6.08. The molecule has 0 aliphatic rings. The summed E-state index contributed by atoms with van der Waals surface area (Å²) in [5.41, 5.74) is 0.944. The van der Waals surface area contributed by atoms with Crippen LogP contribution < -0.4 is 11.1 Å². The zero-order valence-electron chi connectivity index (χ0n) is 16.7. The summed E-state index contributed by atoms with van der Waals surface area (Å²) in [5, 5.41) is 1.15. The SMILES string of the molecule is CCOC(=O)c1c(-c2ccccc2)n2c(=O)c3ccccc3c(=O)n2c2ccccc12. The Morgan fingerprint density at radius 2 is 1.29 bits per heavy atom. The van der Waals surface area contributed by atoms with Gasteiger partial charge in [0.1, 0.15) is 0 Å². The Balaban J connectivity index is 2.17. The van der Waals surface area contributed by atoms with Crippen LogP contribution >= 0.6 is 0 Å². The highest BCUT2D eigenvalue weighted by atomic mass is 16.5. The summed E-state index contributed by atoms with van der Waals surface area (Å²) in [6.45, 7) is 1.92. The quantitative estimate of drug-likeness (QED) is 0.257. The van der Waals surface area contributed by atoms with Crippen LogP contribution in [0.5, 0.6) is 0 Å². The maximum atomic E-state index is 13.7. The second kappa shape index (κ2) is 7.25. The van der Waals surface area contributed by atoms with Crippen molar-refractivity contribution >= 4 is 27.6 Å².